The van der Waals surface area contributed by atoms with Crippen molar-refractivity contribution in [1.82, 2.24) is 14.9 Å². The number of hydrogen-bond donors (Lipinski definition) is 1. The number of para-hydroxylation sites is 1. The zero-order chi connectivity index (χ0) is 16.9. The van der Waals surface area contributed by atoms with Crippen LogP contribution in [0.3, 0.4) is 0 Å². The van der Waals surface area contributed by atoms with Gasteiger partial charge >= 0.3 is 0 Å². The van der Waals surface area contributed by atoms with E-state index < -0.39 is 0 Å². The van der Waals surface area contributed by atoms with Crippen LogP contribution in [0.4, 0.5) is 11.5 Å². The SMILES string of the molecule is CCN1CCN(c2cc(C(=O)Nc3ccccc3Br)ncn2)CC1. The normalized spacial score (nSPS) is 15.3. The Hall–Kier alpha value is -1.99. The Labute approximate surface area is 150 Å². The van der Waals surface area contributed by atoms with Crippen molar-refractivity contribution in [2.75, 3.05) is 42.9 Å². The molecule has 126 valence electrons. The van der Waals surface area contributed by atoms with Crippen LogP contribution in [0, 0.1) is 0 Å². The van der Waals surface area contributed by atoms with Crippen LogP contribution in [0.25, 0.3) is 0 Å². The second-order valence-electron chi connectivity index (χ2n) is 5.62. The monoisotopic (exact) mass is 389 g/mol. The average molecular weight is 390 g/mol. The van der Waals surface area contributed by atoms with Crippen molar-refractivity contribution >= 4 is 33.3 Å². The van der Waals surface area contributed by atoms with Gasteiger partial charge < -0.3 is 15.1 Å². The van der Waals surface area contributed by atoms with Crippen molar-refractivity contribution in [3.8, 4) is 0 Å². The molecule has 0 radical (unpaired) electrons. The van der Waals surface area contributed by atoms with Crippen LogP contribution in [0.15, 0.2) is 41.1 Å². The molecule has 1 aliphatic heterocycles. The summed E-state index contributed by atoms with van der Waals surface area (Å²) in [5, 5.41) is 2.87. The third kappa shape index (κ3) is 3.91. The Bertz CT molecular complexity index is 716. The van der Waals surface area contributed by atoms with Crippen LogP contribution in [-0.4, -0.2) is 53.5 Å². The van der Waals surface area contributed by atoms with Gasteiger partial charge in [0.1, 0.15) is 17.8 Å². The van der Waals surface area contributed by atoms with Gasteiger partial charge in [0.15, 0.2) is 0 Å². The predicted octanol–water partition coefficient (Wildman–Crippen LogP) is 2.63. The molecule has 1 saturated heterocycles. The number of anilines is 2. The Morgan fingerprint density at radius 2 is 1.96 bits per heavy atom. The quantitative estimate of drug-likeness (QED) is 0.870. The number of halogens is 1. The summed E-state index contributed by atoms with van der Waals surface area (Å²) < 4.78 is 0.836. The van der Waals surface area contributed by atoms with Crippen molar-refractivity contribution < 1.29 is 4.79 Å². The minimum Gasteiger partial charge on any atom is -0.354 e. The number of carbonyl (C=O) groups excluding carboxylic acids is 1. The van der Waals surface area contributed by atoms with E-state index in [0.717, 1.165) is 48.7 Å². The van der Waals surface area contributed by atoms with Gasteiger partial charge in [-0.15, -0.1) is 0 Å². The summed E-state index contributed by atoms with van der Waals surface area (Å²) in [5.41, 5.74) is 1.09. The molecule has 0 bridgehead atoms. The molecular weight excluding hydrogens is 370 g/mol. The van der Waals surface area contributed by atoms with E-state index in [1.54, 1.807) is 6.07 Å². The van der Waals surface area contributed by atoms with Crippen LogP contribution < -0.4 is 10.2 Å². The van der Waals surface area contributed by atoms with Gasteiger partial charge in [-0.1, -0.05) is 19.1 Å². The smallest absolute Gasteiger partial charge is 0.274 e. The van der Waals surface area contributed by atoms with E-state index in [2.05, 4.69) is 47.9 Å². The molecule has 0 spiro atoms. The zero-order valence-corrected chi connectivity index (χ0v) is 15.2. The second kappa shape index (κ2) is 7.72. The molecule has 0 unspecified atom stereocenters. The molecule has 1 aromatic carbocycles. The molecule has 1 aliphatic rings. The van der Waals surface area contributed by atoms with Gasteiger partial charge in [-0.2, -0.15) is 0 Å². The highest BCUT2D eigenvalue weighted by Gasteiger charge is 2.18. The first-order chi connectivity index (χ1) is 11.7. The summed E-state index contributed by atoms with van der Waals surface area (Å²) in [6.45, 7) is 7.09. The molecule has 2 aromatic rings. The third-order valence-electron chi connectivity index (χ3n) is 4.15. The number of benzene rings is 1. The summed E-state index contributed by atoms with van der Waals surface area (Å²) in [4.78, 5) is 25.5. The Morgan fingerprint density at radius 1 is 1.21 bits per heavy atom. The lowest BCUT2D eigenvalue weighted by molar-refractivity contribution is 0.102. The lowest BCUT2D eigenvalue weighted by atomic mass is 10.2. The van der Waals surface area contributed by atoms with E-state index in [4.69, 9.17) is 0 Å². The van der Waals surface area contributed by atoms with E-state index in [1.165, 1.54) is 6.33 Å². The number of nitrogens with zero attached hydrogens (tertiary/aromatic N) is 4. The fraction of sp³-hybridized carbons (Fsp3) is 0.353. The lowest BCUT2D eigenvalue weighted by Gasteiger charge is -2.34. The van der Waals surface area contributed by atoms with E-state index in [9.17, 15) is 4.79 Å². The van der Waals surface area contributed by atoms with Crippen molar-refractivity contribution in [2.24, 2.45) is 0 Å². The summed E-state index contributed by atoms with van der Waals surface area (Å²) in [6.07, 6.45) is 1.45. The highest BCUT2D eigenvalue weighted by atomic mass is 79.9. The number of nitrogens with one attached hydrogen (secondary N) is 1. The molecule has 2 heterocycles. The van der Waals surface area contributed by atoms with Crippen LogP contribution in [0.1, 0.15) is 17.4 Å². The molecule has 0 atom stereocenters. The van der Waals surface area contributed by atoms with Gasteiger partial charge in [0, 0.05) is 36.7 Å². The minimum atomic E-state index is -0.238. The van der Waals surface area contributed by atoms with Crippen molar-refractivity contribution in [3.05, 3.63) is 46.8 Å². The number of aromatic nitrogens is 2. The van der Waals surface area contributed by atoms with Crippen molar-refractivity contribution in [3.63, 3.8) is 0 Å². The average Bonchev–Trinajstić information content (AvgIpc) is 2.64. The summed E-state index contributed by atoms with van der Waals surface area (Å²) in [7, 11) is 0. The largest absolute Gasteiger partial charge is 0.354 e. The standard InChI is InChI=1S/C17H20BrN5O/c1-2-22-7-9-23(10-8-22)16-11-15(19-12-20-16)17(24)21-14-6-4-3-5-13(14)18/h3-6,11-12H,2,7-10H2,1H3,(H,21,24). The van der Waals surface area contributed by atoms with E-state index in [1.807, 2.05) is 24.3 Å². The molecule has 7 heteroatoms. The molecular formula is C17H20BrN5O. The molecule has 3 rings (SSSR count). The molecule has 1 amide bonds. The maximum Gasteiger partial charge on any atom is 0.274 e. The summed E-state index contributed by atoms with van der Waals surface area (Å²) in [6, 6.07) is 9.26. The molecule has 24 heavy (non-hydrogen) atoms. The van der Waals surface area contributed by atoms with Gasteiger partial charge in [-0.3, -0.25) is 4.79 Å². The van der Waals surface area contributed by atoms with Crippen LogP contribution in [0.2, 0.25) is 0 Å². The Morgan fingerprint density at radius 3 is 2.67 bits per heavy atom. The third-order valence-corrected chi connectivity index (χ3v) is 4.84. The van der Waals surface area contributed by atoms with Crippen LogP contribution in [0.5, 0.6) is 0 Å². The molecule has 0 aliphatic carbocycles. The van der Waals surface area contributed by atoms with Gasteiger partial charge in [-0.05, 0) is 34.6 Å². The van der Waals surface area contributed by atoms with Gasteiger partial charge in [-0.25, -0.2) is 9.97 Å². The van der Waals surface area contributed by atoms with Gasteiger partial charge in [0.05, 0.1) is 5.69 Å². The predicted molar refractivity (Wildman–Crippen MR) is 98.5 cm³/mol. The molecule has 1 N–H and O–H groups in total. The topological polar surface area (TPSA) is 61.4 Å². The highest BCUT2D eigenvalue weighted by Crippen LogP contribution is 2.22. The number of rotatable bonds is 4. The molecule has 1 fully saturated rings. The number of hydrogen-bond acceptors (Lipinski definition) is 5. The minimum absolute atomic E-state index is 0.238. The van der Waals surface area contributed by atoms with E-state index in [-0.39, 0.29) is 5.91 Å². The number of piperazine rings is 1. The van der Waals surface area contributed by atoms with E-state index >= 15 is 0 Å². The lowest BCUT2D eigenvalue weighted by Crippen LogP contribution is -2.46. The second-order valence-corrected chi connectivity index (χ2v) is 6.47. The van der Waals surface area contributed by atoms with Gasteiger partial charge in [0.2, 0.25) is 0 Å². The number of amides is 1. The fourth-order valence-corrected chi connectivity index (χ4v) is 3.07. The summed E-state index contributed by atoms with van der Waals surface area (Å²) in [5.74, 6) is 0.566. The van der Waals surface area contributed by atoms with Crippen LogP contribution in [-0.2, 0) is 0 Å². The van der Waals surface area contributed by atoms with Crippen molar-refractivity contribution in [2.45, 2.75) is 6.92 Å². The number of carbonyl (C=O) groups is 1. The van der Waals surface area contributed by atoms with Crippen molar-refractivity contribution in [1.29, 1.82) is 0 Å². The molecule has 0 saturated carbocycles. The zero-order valence-electron chi connectivity index (χ0n) is 13.6. The first-order valence-electron chi connectivity index (χ1n) is 8.02. The maximum absolute atomic E-state index is 12.5. The number of likely N-dealkylation sites (N-methyl/N-ethyl adjacent to an activating group) is 1. The first-order valence-corrected chi connectivity index (χ1v) is 8.82. The highest BCUT2D eigenvalue weighted by molar-refractivity contribution is 9.10. The Balaban J connectivity index is 1.71. The fourth-order valence-electron chi connectivity index (χ4n) is 2.69. The van der Waals surface area contributed by atoms with Gasteiger partial charge in [0.25, 0.3) is 5.91 Å². The summed E-state index contributed by atoms with van der Waals surface area (Å²) >= 11 is 3.43. The van der Waals surface area contributed by atoms with Crippen LogP contribution >= 0.6 is 15.9 Å². The molecule has 6 nitrogen and oxygen atoms in total. The first kappa shape index (κ1) is 16.9. The molecule has 1 aromatic heterocycles. The van der Waals surface area contributed by atoms with E-state index in [0.29, 0.717) is 5.69 Å². The Kier molecular flexibility index (Phi) is 5.42. The maximum atomic E-state index is 12.5.